The quantitative estimate of drug-likeness (QED) is 0.513. The van der Waals surface area contributed by atoms with Crippen molar-refractivity contribution in [2.45, 2.75) is 18.6 Å². The van der Waals surface area contributed by atoms with Crippen molar-refractivity contribution >= 4 is 0 Å². The van der Waals surface area contributed by atoms with Gasteiger partial charge in [-0.1, -0.05) is 6.07 Å². The molecule has 1 aliphatic rings. The molecule has 4 rings (SSSR count). The molecule has 2 atom stereocenters. The summed E-state index contributed by atoms with van der Waals surface area (Å²) in [5, 5.41) is 0. The average Bonchev–Trinajstić information content (AvgIpc) is 3.32. The molecule has 3 aromatic rings. The van der Waals surface area contributed by atoms with Crippen LogP contribution >= 0.6 is 0 Å². The Balaban J connectivity index is 1.74. The van der Waals surface area contributed by atoms with Crippen LogP contribution in [0.1, 0.15) is 18.5 Å². The van der Waals surface area contributed by atoms with E-state index in [1.165, 1.54) is 23.0 Å². The van der Waals surface area contributed by atoms with E-state index >= 15 is 0 Å². The average molecular weight is 378 g/mol. The van der Waals surface area contributed by atoms with E-state index in [0.29, 0.717) is 6.07 Å². The zero-order valence-corrected chi connectivity index (χ0v) is 14.1. The van der Waals surface area contributed by atoms with Crippen molar-refractivity contribution in [1.29, 1.82) is 0 Å². The van der Waals surface area contributed by atoms with E-state index in [0.717, 1.165) is 28.8 Å². The van der Waals surface area contributed by atoms with Crippen LogP contribution in [0.15, 0.2) is 53.6 Å². The van der Waals surface area contributed by atoms with Crippen LogP contribution in [0, 0.1) is 23.3 Å². The smallest absolute Gasteiger partial charge is 0.333 e. The minimum Gasteiger partial charge on any atom is -0.362 e. The molecule has 1 aromatic heterocycles. The minimum absolute atomic E-state index is 0.105. The largest absolute Gasteiger partial charge is 0.362 e. The summed E-state index contributed by atoms with van der Waals surface area (Å²) in [7, 11) is 0. The van der Waals surface area contributed by atoms with Gasteiger partial charge in [0.2, 0.25) is 0 Å². The van der Waals surface area contributed by atoms with Crippen molar-refractivity contribution in [3.05, 3.63) is 88.1 Å². The molecule has 2 aromatic carbocycles. The summed E-state index contributed by atoms with van der Waals surface area (Å²) in [5.41, 5.74) is -1.67. The highest BCUT2D eigenvalue weighted by Gasteiger charge is 2.54. The van der Waals surface area contributed by atoms with Crippen LogP contribution in [0.4, 0.5) is 17.6 Å². The van der Waals surface area contributed by atoms with Crippen LogP contribution in [0.3, 0.4) is 0 Å². The SMILES string of the molecule is C[C@@H](n1ccn(-c2ccc(F)cc2F)c1=O)[C@]1(c2ccc(F)cc2F)CO1. The molecule has 140 valence electrons. The number of hydrogen-bond acceptors (Lipinski definition) is 2. The van der Waals surface area contributed by atoms with Gasteiger partial charge in [-0.25, -0.2) is 22.4 Å². The number of halogens is 4. The van der Waals surface area contributed by atoms with Gasteiger partial charge in [0.1, 0.15) is 28.9 Å². The molecule has 0 unspecified atom stereocenters. The summed E-state index contributed by atoms with van der Waals surface area (Å²) in [4.78, 5) is 12.7. The summed E-state index contributed by atoms with van der Waals surface area (Å²) in [5.74, 6) is -3.12. The first-order valence-electron chi connectivity index (χ1n) is 8.18. The standard InChI is InChI=1S/C19H14F4N2O2/c1-11(19(10-27-19)14-4-2-12(20)8-15(14)22)24-6-7-25(18(24)26)17-5-3-13(21)9-16(17)23/h2-9,11H,10H2,1H3/t11-,19+/m1/s1. The first kappa shape index (κ1) is 17.5. The molecule has 1 saturated heterocycles. The van der Waals surface area contributed by atoms with Gasteiger partial charge >= 0.3 is 5.69 Å². The molecule has 27 heavy (non-hydrogen) atoms. The highest BCUT2D eigenvalue weighted by Crippen LogP contribution is 2.48. The molecule has 0 spiro atoms. The molecule has 2 heterocycles. The van der Waals surface area contributed by atoms with E-state index in [1.54, 1.807) is 6.92 Å². The third kappa shape index (κ3) is 2.76. The maximum Gasteiger partial charge on any atom is 0.333 e. The van der Waals surface area contributed by atoms with Crippen molar-refractivity contribution in [3.8, 4) is 5.69 Å². The van der Waals surface area contributed by atoms with Gasteiger partial charge in [-0.2, -0.15) is 0 Å². The summed E-state index contributed by atoms with van der Waals surface area (Å²) in [6, 6.07) is 5.41. The minimum atomic E-state index is -1.12. The van der Waals surface area contributed by atoms with Gasteiger partial charge in [0, 0.05) is 30.1 Å². The maximum atomic E-state index is 14.2. The zero-order valence-electron chi connectivity index (χ0n) is 14.1. The van der Waals surface area contributed by atoms with E-state index < -0.39 is 40.6 Å². The van der Waals surface area contributed by atoms with Gasteiger partial charge in [0.05, 0.1) is 18.3 Å². The fraction of sp³-hybridized carbons (Fsp3) is 0.211. The molecule has 0 radical (unpaired) electrons. The molecular weight excluding hydrogens is 364 g/mol. The molecular formula is C19H14F4N2O2. The highest BCUT2D eigenvalue weighted by atomic mass is 19.1. The van der Waals surface area contributed by atoms with Gasteiger partial charge in [0.15, 0.2) is 0 Å². The number of rotatable bonds is 4. The van der Waals surface area contributed by atoms with Gasteiger partial charge in [-0.15, -0.1) is 0 Å². The number of epoxide rings is 1. The van der Waals surface area contributed by atoms with Crippen molar-refractivity contribution in [3.63, 3.8) is 0 Å². The molecule has 8 heteroatoms. The molecule has 0 aliphatic carbocycles. The number of hydrogen-bond donors (Lipinski definition) is 0. The normalized spacial score (nSPS) is 19.9. The molecule has 1 fully saturated rings. The van der Waals surface area contributed by atoms with Crippen LogP contribution in [0.2, 0.25) is 0 Å². The lowest BCUT2D eigenvalue weighted by atomic mass is 9.92. The van der Waals surface area contributed by atoms with Crippen molar-refractivity contribution < 1.29 is 22.3 Å². The lowest BCUT2D eigenvalue weighted by molar-refractivity contribution is 0.222. The maximum absolute atomic E-state index is 14.2. The summed E-state index contributed by atoms with van der Waals surface area (Å²) >= 11 is 0. The van der Waals surface area contributed by atoms with Crippen molar-refractivity contribution in [2.24, 2.45) is 0 Å². The first-order valence-corrected chi connectivity index (χ1v) is 8.18. The number of benzene rings is 2. The van der Waals surface area contributed by atoms with Crippen molar-refractivity contribution in [1.82, 2.24) is 9.13 Å². The predicted octanol–water partition coefficient (Wildman–Crippen LogP) is 3.68. The third-order valence-corrected chi connectivity index (χ3v) is 4.91. The molecule has 0 saturated carbocycles. The Morgan fingerprint density at radius 1 is 1.00 bits per heavy atom. The molecule has 0 bridgehead atoms. The Morgan fingerprint density at radius 3 is 2.22 bits per heavy atom. The Hall–Kier alpha value is -2.87. The van der Waals surface area contributed by atoms with E-state index in [9.17, 15) is 22.4 Å². The van der Waals surface area contributed by atoms with Crippen LogP contribution in [0.5, 0.6) is 0 Å². The van der Waals surface area contributed by atoms with Gasteiger partial charge < -0.3 is 4.74 Å². The van der Waals surface area contributed by atoms with E-state index in [1.807, 2.05) is 0 Å². The van der Waals surface area contributed by atoms with Crippen LogP contribution in [-0.2, 0) is 10.3 Å². The summed E-state index contributed by atoms with van der Waals surface area (Å²) < 4.78 is 62.3. The second-order valence-corrected chi connectivity index (χ2v) is 6.43. The topological polar surface area (TPSA) is 39.5 Å². The van der Waals surface area contributed by atoms with Gasteiger partial charge in [-0.3, -0.25) is 9.13 Å². The van der Waals surface area contributed by atoms with Gasteiger partial charge in [0.25, 0.3) is 0 Å². The molecule has 0 amide bonds. The van der Waals surface area contributed by atoms with E-state index in [2.05, 4.69) is 0 Å². The fourth-order valence-corrected chi connectivity index (χ4v) is 3.30. The number of imidazole rings is 1. The monoisotopic (exact) mass is 378 g/mol. The second-order valence-electron chi connectivity index (χ2n) is 6.43. The molecule has 1 aliphatic heterocycles. The van der Waals surface area contributed by atoms with Crippen LogP contribution < -0.4 is 5.69 Å². The first-order chi connectivity index (χ1) is 12.8. The van der Waals surface area contributed by atoms with Crippen molar-refractivity contribution in [2.75, 3.05) is 6.61 Å². The fourth-order valence-electron chi connectivity index (χ4n) is 3.30. The number of ether oxygens (including phenoxy) is 1. The Bertz CT molecular complexity index is 1090. The lowest BCUT2D eigenvalue weighted by Crippen LogP contribution is -2.33. The highest BCUT2D eigenvalue weighted by molar-refractivity contribution is 5.34. The van der Waals surface area contributed by atoms with Gasteiger partial charge in [-0.05, 0) is 25.1 Å². The second kappa shape index (κ2) is 6.09. The van der Waals surface area contributed by atoms with E-state index in [-0.39, 0.29) is 17.9 Å². The third-order valence-electron chi connectivity index (χ3n) is 4.91. The summed E-state index contributed by atoms with van der Waals surface area (Å²) in [6.45, 7) is 1.81. The Labute approximate surface area is 151 Å². The number of aromatic nitrogens is 2. The van der Waals surface area contributed by atoms with Crippen LogP contribution in [-0.4, -0.2) is 15.7 Å². The summed E-state index contributed by atoms with van der Waals surface area (Å²) in [6.07, 6.45) is 2.76. The Morgan fingerprint density at radius 2 is 1.63 bits per heavy atom. The predicted molar refractivity (Wildman–Crippen MR) is 88.6 cm³/mol. The zero-order chi connectivity index (χ0) is 19.3. The van der Waals surface area contributed by atoms with Crippen LogP contribution in [0.25, 0.3) is 5.69 Å². The Kier molecular flexibility index (Phi) is 3.96. The van der Waals surface area contributed by atoms with E-state index in [4.69, 9.17) is 4.74 Å². The number of nitrogens with zero attached hydrogens (tertiary/aromatic N) is 2. The molecule has 4 nitrogen and oxygen atoms in total. The lowest BCUT2D eigenvalue weighted by Gasteiger charge is -2.22. The molecule has 0 N–H and O–H groups in total.